The maximum atomic E-state index is 11.6. The van der Waals surface area contributed by atoms with Crippen LogP contribution in [0.25, 0.3) is 10.9 Å². The minimum Gasteiger partial charge on any atom is -0.462 e. The molecule has 88 valence electrons. The van der Waals surface area contributed by atoms with Gasteiger partial charge in [0.25, 0.3) is 0 Å². The predicted octanol–water partition coefficient (Wildman–Crippen LogP) is 1.53. The van der Waals surface area contributed by atoms with Gasteiger partial charge in [-0.15, -0.1) is 0 Å². The highest BCUT2D eigenvalue weighted by Crippen LogP contribution is 2.12. The van der Waals surface area contributed by atoms with Gasteiger partial charge in [-0.1, -0.05) is 18.2 Å². The summed E-state index contributed by atoms with van der Waals surface area (Å²) in [5, 5.41) is 18.2. The highest BCUT2D eigenvalue weighted by molar-refractivity contribution is 5.93. The van der Waals surface area contributed by atoms with E-state index in [0.717, 1.165) is 0 Å². The lowest BCUT2D eigenvalue weighted by Gasteiger charge is -2.08. The summed E-state index contributed by atoms with van der Waals surface area (Å²) in [5.41, 5.74) is 0.251. The molecule has 0 saturated heterocycles. The Bertz CT molecular complexity index is 631. The van der Waals surface area contributed by atoms with Gasteiger partial charge in [-0.3, -0.25) is 5.41 Å². The number of hydrogen-bond donors (Lipinski definition) is 2. The molecule has 0 atom stereocenters. The zero-order chi connectivity index (χ0) is 12.4. The van der Waals surface area contributed by atoms with E-state index in [1.165, 1.54) is 0 Å². The van der Waals surface area contributed by atoms with Crippen molar-refractivity contribution in [1.29, 1.82) is 5.41 Å². The topological polar surface area (TPSA) is 75.3 Å². The Morgan fingerprint density at radius 2 is 2.18 bits per heavy atom. The van der Waals surface area contributed by atoms with E-state index in [1.807, 2.05) is 0 Å². The smallest absolute Gasteiger partial charge is 0.342 e. The van der Waals surface area contributed by atoms with Gasteiger partial charge in [0.05, 0.1) is 12.1 Å². The molecule has 0 radical (unpaired) electrons. The van der Waals surface area contributed by atoms with Crippen LogP contribution in [0.5, 0.6) is 0 Å². The fraction of sp³-hybridized carbons (Fsp3) is 0.167. The summed E-state index contributed by atoms with van der Waals surface area (Å²) in [6, 6.07) is 8.51. The van der Waals surface area contributed by atoms with Gasteiger partial charge in [0, 0.05) is 5.39 Å². The molecule has 0 aliphatic heterocycles. The van der Waals surface area contributed by atoms with E-state index in [-0.39, 0.29) is 17.7 Å². The summed E-state index contributed by atoms with van der Waals surface area (Å²) in [6.45, 7) is 1.92. The Balaban J connectivity index is 2.70. The lowest BCUT2D eigenvalue weighted by atomic mass is 10.1. The third-order valence-corrected chi connectivity index (χ3v) is 2.43. The summed E-state index contributed by atoms with van der Waals surface area (Å²) in [6.07, 6.45) is 0. The summed E-state index contributed by atoms with van der Waals surface area (Å²) in [5.74, 6) is -0.606. The summed E-state index contributed by atoms with van der Waals surface area (Å²) < 4.78 is 5.51. The number of aromatic nitrogens is 1. The normalized spacial score (nSPS) is 10.4. The van der Waals surface area contributed by atoms with Crippen LogP contribution in [0.1, 0.15) is 17.3 Å². The minimum absolute atomic E-state index is 0.0491. The molecule has 0 saturated carbocycles. The number of nitrogens with one attached hydrogen (secondary N) is 1. The molecule has 0 fully saturated rings. The van der Waals surface area contributed by atoms with E-state index >= 15 is 0 Å². The van der Waals surface area contributed by atoms with Crippen molar-refractivity contribution in [3.05, 3.63) is 41.4 Å². The van der Waals surface area contributed by atoms with Crippen LogP contribution >= 0.6 is 0 Å². The highest BCUT2D eigenvalue weighted by Gasteiger charge is 2.13. The number of pyridine rings is 1. The number of carbonyl (C=O) groups is 1. The number of hydrogen-bond acceptors (Lipinski definition) is 4. The maximum Gasteiger partial charge on any atom is 0.342 e. The van der Waals surface area contributed by atoms with Crippen LogP contribution in [-0.2, 0) is 4.74 Å². The van der Waals surface area contributed by atoms with E-state index in [1.54, 1.807) is 37.3 Å². The second-order valence-electron chi connectivity index (χ2n) is 3.50. The van der Waals surface area contributed by atoms with Crippen molar-refractivity contribution in [3.8, 4) is 0 Å². The van der Waals surface area contributed by atoms with E-state index in [0.29, 0.717) is 15.6 Å². The van der Waals surface area contributed by atoms with E-state index < -0.39 is 5.97 Å². The molecular weight excluding hydrogens is 220 g/mol. The summed E-state index contributed by atoms with van der Waals surface area (Å²) in [4.78, 5) is 11.6. The van der Waals surface area contributed by atoms with Crippen molar-refractivity contribution in [2.24, 2.45) is 0 Å². The molecule has 5 heteroatoms. The molecule has 1 aromatic heterocycles. The first kappa shape index (κ1) is 11.2. The van der Waals surface area contributed by atoms with E-state index in [2.05, 4.69) is 0 Å². The molecule has 1 heterocycles. The molecule has 0 amide bonds. The van der Waals surface area contributed by atoms with Crippen molar-refractivity contribution >= 4 is 16.9 Å². The van der Waals surface area contributed by atoms with Gasteiger partial charge in [0.2, 0.25) is 0 Å². The lowest BCUT2D eigenvalue weighted by molar-refractivity contribution is 0.0518. The SMILES string of the molecule is CCOC(=O)c1cc2ccccc2n(O)c1=N. The number of fused-ring (bicyclic) bond motifs is 1. The first-order valence-corrected chi connectivity index (χ1v) is 5.21. The first-order chi connectivity index (χ1) is 8.15. The quantitative estimate of drug-likeness (QED) is 0.609. The average Bonchev–Trinajstić information content (AvgIpc) is 2.34. The number of rotatable bonds is 2. The van der Waals surface area contributed by atoms with Crippen LogP contribution in [0.2, 0.25) is 0 Å². The van der Waals surface area contributed by atoms with E-state index in [4.69, 9.17) is 10.1 Å². The standard InChI is InChI=1S/C12H12N2O3/c1-2-17-12(15)9-7-8-5-3-4-6-10(8)14(16)11(9)13/h3-7,13,16H,2H2,1H3. The van der Waals surface area contributed by atoms with Gasteiger partial charge in [0.15, 0.2) is 5.49 Å². The molecule has 0 aliphatic rings. The number of carbonyl (C=O) groups excluding carboxylic acids is 1. The third-order valence-electron chi connectivity index (χ3n) is 2.43. The molecule has 2 rings (SSSR count). The Labute approximate surface area is 97.3 Å². The molecular formula is C12H12N2O3. The Hall–Kier alpha value is -2.30. The Morgan fingerprint density at radius 3 is 2.88 bits per heavy atom. The maximum absolute atomic E-state index is 11.6. The fourth-order valence-electron chi connectivity index (χ4n) is 1.63. The van der Waals surface area contributed by atoms with Crippen molar-refractivity contribution in [2.45, 2.75) is 6.92 Å². The fourth-order valence-corrected chi connectivity index (χ4v) is 1.63. The molecule has 0 bridgehead atoms. The molecule has 0 unspecified atom stereocenters. The third kappa shape index (κ3) is 1.87. The molecule has 1 aromatic carbocycles. The number of benzene rings is 1. The van der Waals surface area contributed by atoms with Crippen LogP contribution in [0.3, 0.4) is 0 Å². The van der Waals surface area contributed by atoms with Crippen LogP contribution in [0.15, 0.2) is 30.3 Å². The zero-order valence-electron chi connectivity index (χ0n) is 9.30. The number of ether oxygens (including phenoxy) is 1. The monoisotopic (exact) mass is 232 g/mol. The minimum atomic E-state index is -0.606. The number of esters is 1. The molecule has 0 spiro atoms. The largest absolute Gasteiger partial charge is 0.462 e. The van der Waals surface area contributed by atoms with Crippen LogP contribution < -0.4 is 5.49 Å². The molecule has 5 nitrogen and oxygen atoms in total. The highest BCUT2D eigenvalue weighted by atomic mass is 16.5. The second-order valence-corrected chi connectivity index (χ2v) is 3.50. The number of para-hydroxylation sites is 1. The van der Waals surface area contributed by atoms with Gasteiger partial charge < -0.3 is 9.94 Å². The lowest BCUT2D eigenvalue weighted by Crippen LogP contribution is -2.26. The van der Waals surface area contributed by atoms with E-state index in [9.17, 15) is 10.0 Å². The second kappa shape index (κ2) is 4.29. The zero-order valence-corrected chi connectivity index (χ0v) is 9.30. The predicted molar refractivity (Wildman–Crippen MR) is 60.9 cm³/mol. The number of nitrogens with zero attached hydrogens (tertiary/aromatic N) is 1. The van der Waals surface area contributed by atoms with Gasteiger partial charge in [0.1, 0.15) is 5.56 Å². The van der Waals surface area contributed by atoms with Crippen LogP contribution in [0, 0.1) is 5.41 Å². The average molecular weight is 232 g/mol. The Morgan fingerprint density at radius 1 is 1.47 bits per heavy atom. The summed E-state index contributed by atoms with van der Waals surface area (Å²) >= 11 is 0. The van der Waals surface area contributed by atoms with Crippen molar-refractivity contribution in [3.63, 3.8) is 0 Å². The van der Waals surface area contributed by atoms with Crippen LogP contribution in [-0.4, -0.2) is 22.5 Å². The van der Waals surface area contributed by atoms with Crippen molar-refractivity contribution in [1.82, 2.24) is 4.73 Å². The van der Waals surface area contributed by atoms with Gasteiger partial charge in [-0.05, 0) is 19.1 Å². The Kier molecular flexibility index (Phi) is 2.82. The molecule has 2 aromatic rings. The van der Waals surface area contributed by atoms with Gasteiger partial charge in [-0.2, -0.15) is 4.73 Å². The first-order valence-electron chi connectivity index (χ1n) is 5.21. The van der Waals surface area contributed by atoms with Crippen molar-refractivity contribution in [2.75, 3.05) is 6.61 Å². The van der Waals surface area contributed by atoms with Gasteiger partial charge >= 0.3 is 5.97 Å². The van der Waals surface area contributed by atoms with Crippen molar-refractivity contribution < 1.29 is 14.7 Å². The van der Waals surface area contributed by atoms with Crippen LogP contribution in [0.4, 0.5) is 0 Å². The van der Waals surface area contributed by atoms with Gasteiger partial charge in [-0.25, -0.2) is 4.79 Å². The summed E-state index contributed by atoms with van der Waals surface area (Å²) in [7, 11) is 0. The molecule has 2 N–H and O–H groups in total. The molecule has 17 heavy (non-hydrogen) atoms. The molecule has 0 aliphatic carbocycles.